The van der Waals surface area contributed by atoms with Crippen LogP contribution in [-0.2, 0) is 0 Å². The predicted molar refractivity (Wildman–Crippen MR) is 73.3 cm³/mol. The molecule has 116 valence electrons. The van der Waals surface area contributed by atoms with E-state index in [1.807, 2.05) is 0 Å². The summed E-state index contributed by atoms with van der Waals surface area (Å²) in [6.07, 6.45) is 4.19. The smallest absolute Gasteiger partial charge is 0.260 e. The van der Waals surface area contributed by atoms with Crippen LogP contribution in [0.5, 0.6) is 0 Å². The first-order valence-corrected chi connectivity index (χ1v) is 7.20. The molecule has 1 aromatic rings. The van der Waals surface area contributed by atoms with E-state index < -0.39 is 28.9 Å². The van der Waals surface area contributed by atoms with Crippen LogP contribution >= 0.6 is 0 Å². The van der Waals surface area contributed by atoms with Crippen LogP contribution in [0.4, 0.5) is 13.2 Å². The van der Waals surface area contributed by atoms with Crippen molar-refractivity contribution in [2.24, 2.45) is 5.73 Å². The fourth-order valence-corrected chi connectivity index (χ4v) is 2.82. The lowest BCUT2D eigenvalue weighted by molar-refractivity contribution is 0.0670. The Balaban J connectivity index is 2.29. The van der Waals surface area contributed by atoms with Crippen LogP contribution in [0.3, 0.4) is 0 Å². The number of nitrogens with two attached hydrogens (primary N) is 1. The zero-order chi connectivity index (χ0) is 15.4. The van der Waals surface area contributed by atoms with Crippen LogP contribution in [0.1, 0.15) is 42.5 Å². The predicted octanol–water partition coefficient (Wildman–Crippen LogP) is 2.84. The van der Waals surface area contributed by atoms with E-state index in [0.717, 1.165) is 25.7 Å². The third-order valence-electron chi connectivity index (χ3n) is 3.85. The number of carbonyl (C=O) groups excluding carboxylic acids is 1. The second-order valence-electron chi connectivity index (χ2n) is 5.32. The lowest BCUT2D eigenvalue weighted by Gasteiger charge is -2.29. The first-order valence-electron chi connectivity index (χ1n) is 7.20. The van der Waals surface area contributed by atoms with E-state index in [0.29, 0.717) is 31.6 Å². The van der Waals surface area contributed by atoms with Crippen molar-refractivity contribution in [3.05, 3.63) is 35.1 Å². The number of halogens is 3. The second-order valence-corrected chi connectivity index (χ2v) is 5.32. The van der Waals surface area contributed by atoms with Gasteiger partial charge in [-0.15, -0.1) is 0 Å². The molecule has 0 unspecified atom stereocenters. The molecule has 0 aliphatic heterocycles. The maximum atomic E-state index is 13.8. The van der Waals surface area contributed by atoms with E-state index in [-0.39, 0.29) is 6.04 Å². The molecule has 1 amide bonds. The SMILES string of the molecule is NCCCN(C(=O)c1c(F)cc(F)cc1F)C1CCCC1. The highest BCUT2D eigenvalue weighted by Gasteiger charge is 2.30. The number of hydrogen-bond acceptors (Lipinski definition) is 2. The van der Waals surface area contributed by atoms with Crippen molar-refractivity contribution >= 4 is 5.91 Å². The standard InChI is InChI=1S/C15H19F3N2O/c16-10-8-12(17)14(13(18)9-10)15(21)20(7-3-6-19)11-4-1-2-5-11/h8-9,11H,1-7,19H2. The van der Waals surface area contributed by atoms with E-state index in [2.05, 4.69) is 0 Å². The summed E-state index contributed by atoms with van der Waals surface area (Å²) in [6.45, 7) is 0.751. The normalized spacial score (nSPS) is 15.4. The summed E-state index contributed by atoms with van der Waals surface area (Å²) in [4.78, 5) is 14.0. The van der Waals surface area contributed by atoms with Crippen LogP contribution in [0, 0.1) is 17.5 Å². The van der Waals surface area contributed by atoms with Crippen molar-refractivity contribution in [2.45, 2.75) is 38.1 Å². The van der Waals surface area contributed by atoms with Crippen molar-refractivity contribution in [3.63, 3.8) is 0 Å². The van der Waals surface area contributed by atoms with E-state index in [4.69, 9.17) is 5.73 Å². The van der Waals surface area contributed by atoms with Gasteiger partial charge >= 0.3 is 0 Å². The van der Waals surface area contributed by atoms with E-state index in [1.165, 1.54) is 4.90 Å². The first kappa shape index (κ1) is 15.8. The number of rotatable bonds is 5. The van der Waals surface area contributed by atoms with Gasteiger partial charge in [0.05, 0.1) is 0 Å². The van der Waals surface area contributed by atoms with Crippen molar-refractivity contribution in [3.8, 4) is 0 Å². The van der Waals surface area contributed by atoms with Crippen molar-refractivity contribution < 1.29 is 18.0 Å². The molecule has 1 saturated carbocycles. The van der Waals surface area contributed by atoms with Gasteiger partial charge < -0.3 is 10.6 Å². The number of benzene rings is 1. The molecule has 1 fully saturated rings. The van der Waals surface area contributed by atoms with E-state index >= 15 is 0 Å². The number of amides is 1. The molecule has 3 nitrogen and oxygen atoms in total. The molecular weight excluding hydrogens is 281 g/mol. The van der Waals surface area contributed by atoms with Gasteiger partial charge in [0.1, 0.15) is 23.0 Å². The third-order valence-corrected chi connectivity index (χ3v) is 3.85. The minimum Gasteiger partial charge on any atom is -0.335 e. The van der Waals surface area contributed by atoms with Gasteiger partial charge in [-0.3, -0.25) is 4.79 Å². The zero-order valence-electron chi connectivity index (χ0n) is 11.7. The van der Waals surface area contributed by atoms with E-state index in [9.17, 15) is 18.0 Å². The molecular formula is C15H19F3N2O. The van der Waals surface area contributed by atoms with Gasteiger partial charge in [-0.05, 0) is 25.8 Å². The summed E-state index contributed by atoms with van der Waals surface area (Å²) in [7, 11) is 0. The highest BCUT2D eigenvalue weighted by Crippen LogP contribution is 2.26. The monoisotopic (exact) mass is 300 g/mol. The summed E-state index contributed by atoms with van der Waals surface area (Å²) in [6, 6.07) is 1.05. The average molecular weight is 300 g/mol. The zero-order valence-corrected chi connectivity index (χ0v) is 11.7. The fraction of sp³-hybridized carbons (Fsp3) is 0.533. The Labute approximate surface area is 121 Å². The van der Waals surface area contributed by atoms with Crippen LogP contribution < -0.4 is 5.73 Å². The van der Waals surface area contributed by atoms with Crippen LogP contribution in [0.25, 0.3) is 0 Å². The Bertz CT molecular complexity index is 493. The van der Waals surface area contributed by atoms with Gasteiger partial charge in [-0.1, -0.05) is 12.8 Å². The van der Waals surface area contributed by atoms with Gasteiger partial charge in [0.25, 0.3) is 5.91 Å². The Morgan fingerprint density at radius 1 is 1.19 bits per heavy atom. The van der Waals surface area contributed by atoms with Crippen molar-refractivity contribution in [2.75, 3.05) is 13.1 Å². The quantitative estimate of drug-likeness (QED) is 0.909. The van der Waals surface area contributed by atoms with Crippen molar-refractivity contribution in [1.82, 2.24) is 4.90 Å². The Kier molecular flexibility index (Phi) is 5.22. The molecule has 2 N–H and O–H groups in total. The van der Waals surface area contributed by atoms with Gasteiger partial charge in [0, 0.05) is 24.7 Å². The summed E-state index contributed by atoms with van der Waals surface area (Å²) >= 11 is 0. The highest BCUT2D eigenvalue weighted by atomic mass is 19.1. The second kappa shape index (κ2) is 6.93. The molecule has 0 saturated heterocycles. The lowest BCUT2D eigenvalue weighted by atomic mass is 10.1. The van der Waals surface area contributed by atoms with Crippen LogP contribution in [0.2, 0.25) is 0 Å². The summed E-state index contributed by atoms with van der Waals surface area (Å²) < 4.78 is 40.5. The molecule has 1 aliphatic carbocycles. The average Bonchev–Trinajstić information content (AvgIpc) is 2.92. The van der Waals surface area contributed by atoms with Crippen LogP contribution in [0.15, 0.2) is 12.1 Å². The minimum absolute atomic E-state index is 0.0205. The summed E-state index contributed by atoms with van der Waals surface area (Å²) in [5.41, 5.74) is 4.78. The molecule has 0 aromatic heterocycles. The largest absolute Gasteiger partial charge is 0.335 e. The summed E-state index contributed by atoms with van der Waals surface area (Å²) in [5.74, 6) is -4.07. The minimum atomic E-state index is -1.16. The molecule has 2 rings (SSSR count). The van der Waals surface area contributed by atoms with Gasteiger partial charge in [0.2, 0.25) is 0 Å². The molecule has 1 aliphatic rings. The van der Waals surface area contributed by atoms with E-state index in [1.54, 1.807) is 0 Å². The molecule has 0 spiro atoms. The number of nitrogens with zero attached hydrogens (tertiary/aromatic N) is 1. The molecule has 1 aromatic carbocycles. The van der Waals surface area contributed by atoms with Crippen molar-refractivity contribution in [1.29, 1.82) is 0 Å². The number of carbonyl (C=O) groups is 1. The molecule has 21 heavy (non-hydrogen) atoms. The fourth-order valence-electron chi connectivity index (χ4n) is 2.82. The molecule has 6 heteroatoms. The topological polar surface area (TPSA) is 46.3 Å². The van der Waals surface area contributed by atoms with Gasteiger partial charge in [-0.2, -0.15) is 0 Å². The van der Waals surface area contributed by atoms with Gasteiger partial charge in [-0.25, -0.2) is 13.2 Å². The maximum Gasteiger partial charge on any atom is 0.260 e. The Morgan fingerprint density at radius 3 is 2.29 bits per heavy atom. The molecule has 0 radical (unpaired) electrons. The Hall–Kier alpha value is -1.56. The third kappa shape index (κ3) is 3.56. The molecule has 0 atom stereocenters. The summed E-state index contributed by atoms with van der Waals surface area (Å²) in [5, 5.41) is 0. The first-order chi connectivity index (χ1) is 10.0. The number of hydrogen-bond donors (Lipinski definition) is 1. The van der Waals surface area contributed by atoms with Crippen LogP contribution in [-0.4, -0.2) is 29.9 Å². The Morgan fingerprint density at radius 2 is 1.76 bits per heavy atom. The molecule has 0 bridgehead atoms. The maximum absolute atomic E-state index is 13.8. The van der Waals surface area contributed by atoms with Gasteiger partial charge in [0.15, 0.2) is 0 Å². The molecule has 0 heterocycles. The highest BCUT2D eigenvalue weighted by molar-refractivity contribution is 5.95. The lowest BCUT2D eigenvalue weighted by Crippen LogP contribution is -2.41.